The Labute approximate surface area is 142 Å². The van der Waals surface area contributed by atoms with Gasteiger partial charge in [0.25, 0.3) is 0 Å². The van der Waals surface area contributed by atoms with Crippen molar-refractivity contribution >= 4 is 13.2 Å². The van der Waals surface area contributed by atoms with Crippen molar-refractivity contribution in [2.45, 2.75) is 20.3 Å². The molecule has 3 aliphatic carbocycles. The highest BCUT2D eigenvalue weighted by molar-refractivity contribution is 7.59. The summed E-state index contributed by atoms with van der Waals surface area (Å²) in [5.41, 5.74) is 1.80. The van der Waals surface area contributed by atoms with Gasteiger partial charge in [-0.05, 0) is 61.3 Å². The Balaban J connectivity index is 1.85. The zero-order valence-corrected chi connectivity index (χ0v) is 14.8. The number of hydrogen-bond donors (Lipinski definition) is 0. The van der Waals surface area contributed by atoms with Crippen LogP contribution in [0.15, 0.2) is 41.7 Å². The third-order valence-electron chi connectivity index (χ3n) is 5.41. The van der Waals surface area contributed by atoms with Crippen LogP contribution >= 0.6 is 7.60 Å². The molecule has 0 heterocycles. The SMILES string of the molecule is CCOP(=O)(OCC)C1=C(c2cccc(F)c2)[C@@H]2[C@H]1[C@H]1C=C[C@@H]2C1. The van der Waals surface area contributed by atoms with Gasteiger partial charge in [-0.1, -0.05) is 24.3 Å². The second-order valence-electron chi connectivity index (χ2n) is 6.64. The van der Waals surface area contributed by atoms with Crippen LogP contribution in [0.4, 0.5) is 4.39 Å². The van der Waals surface area contributed by atoms with Crippen molar-refractivity contribution < 1.29 is 18.0 Å². The first kappa shape index (κ1) is 16.3. The lowest BCUT2D eigenvalue weighted by molar-refractivity contribution is 0.217. The molecule has 0 unspecified atom stereocenters. The molecule has 0 radical (unpaired) electrons. The Morgan fingerprint density at radius 1 is 1.12 bits per heavy atom. The molecule has 4 rings (SSSR count). The minimum atomic E-state index is -3.34. The van der Waals surface area contributed by atoms with Crippen molar-refractivity contribution in [3.05, 3.63) is 53.1 Å². The summed E-state index contributed by atoms with van der Waals surface area (Å²) >= 11 is 0. The highest BCUT2D eigenvalue weighted by atomic mass is 31.2. The van der Waals surface area contributed by atoms with Gasteiger partial charge in [-0.2, -0.15) is 0 Å². The van der Waals surface area contributed by atoms with E-state index in [4.69, 9.17) is 9.05 Å². The lowest BCUT2D eigenvalue weighted by Gasteiger charge is -2.45. The van der Waals surface area contributed by atoms with Crippen LogP contribution < -0.4 is 0 Å². The van der Waals surface area contributed by atoms with E-state index in [0.717, 1.165) is 22.9 Å². The first-order valence-corrected chi connectivity index (χ1v) is 10.2. The second kappa shape index (κ2) is 5.94. The molecule has 3 nitrogen and oxygen atoms in total. The molecule has 0 amide bonds. The molecule has 3 aliphatic rings. The van der Waals surface area contributed by atoms with E-state index >= 15 is 0 Å². The van der Waals surface area contributed by atoms with Crippen LogP contribution in [0.25, 0.3) is 5.57 Å². The maximum Gasteiger partial charge on any atom is 0.357 e. The van der Waals surface area contributed by atoms with Gasteiger partial charge in [0.1, 0.15) is 5.82 Å². The molecule has 1 saturated carbocycles. The Hall–Kier alpha value is -1.22. The highest BCUT2D eigenvalue weighted by Crippen LogP contribution is 2.75. The van der Waals surface area contributed by atoms with Crippen LogP contribution in [0.5, 0.6) is 0 Å². The molecule has 1 fully saturated rings. The van der Waals surface area contributed by atoms with Crippen molar-refractivity contribution in [1.82, 2.24) is 0 Å². The number of benzene rings is 1. The lowest BCUT2D eigenvalue weighted by atomic mass is 9.66. The zero-order valence-electron chi connectivity index (χ0n) is 13.9. The zero-order chi connectivity index (χ0) is 16.9. The largest absolute Gasteiger partial charge is 0.357 e. The summed E-state index contributed by atoms with van der Waals surface area (Å²) in [6, 6.07) is 6.57. The summed E-state index contributed by atoms with van der Waals surface area (Å²) < 4.78 is 38.5. The van der Waals surface area contributed by atoms with Crippen molar-refractivity contribution in [3.63, 3.8) is 0 Å². The average Bonchev–Trinajstić information content (AvgIpc) is 3.05. The lowest BCUT2D eigenvalue weighted by Crippen LogP contribution is -2.34. The molecule has 0 aliphatic heterocycles. The summed E-state index contributed by atoms with van der Waals surface area (Å²) in [6.07, 6.45) is 5.57. The van der Waals surface area contributed by atoms with Crippen molar-refractivity contribution in [1.29, 1.82) is 0 Å². The maximum absolute atomic E-state index is 13.8. The summed E-state index contributed by atoms with van der Waals surface area (Å²) in [5.74, 6) is 1.11. The second-order valence-corrected chi connectivity index (χ2v) is 8.64. The maximum atomic E-state index is 13.8. The molecule has 0 spiro atoms. The monoisotopic (exact) mass is 348 g/mol. The van der Waals surface area contributed by atoms with E-state index in [1.54, 1.807) is 6.07 Å². The standard InChI is InChI=1S/C19H22FO3P/c1-3-22-24(21,23-4-2)19-17(12-6-5-7-15(20)11-12)16-13-8-9-14(10-13)18(16)19/h5-9,11,13-14,16,18H,3-4,10H2,1-2H3/t13-,14+,16-,18-/m1/s1. The van der Waals surface area contributed by atoms with Gasteiger partial charge in [-0.3, -0.25) is 4.57 Å². The molecule has 1 aromatic carbocycles. The van der Waals surface area contributed by atoms with Crippen LogP contribution in [-0.4, -0.2) is 13.2 Å². The van der Waals surface area contributed by atoms with E-state index in [2.05, 4.69) is 12.2 Å². The summed E-state index contributed by atoms with van der Waals surface area (Å²) in [5, 5.41) is 0.790. The predicted molar refractivity (Wildman–Crippen MR) is 91.9 cm³/mol. The average molecular weight is 348 g/mol. The van der Waals surface area contributed by atoms with E-state index in [1.807, 2.05) is 19.9 Å². The molecule has 128 valence electrons. The Morgan fingerprint density at radius 3 is 2.42 bits per heavy atom. The molecule has 2 bridgehead atoms. The minimum absolute atomic E-state index is 0.210. The van der Waals surface area contributed by atoms with Gasteiger partial charge in [0.05, 0.1) is 18.5 Å². The molecule has 0 N–H and O–H groups in total. The fourth-order valence-corrected chi connectivity index (χ4v) is 7.01. The van der Waals surface area contributed by atoms with Gasteiger partial charge in [0.15, 0.2) is 0 Å². The van der Waals surface area contributed by atoms with Crippen LogP contribution in [0.1, 0.15) is 25.8 Å². The van der Waals surface area contributed by atoms with Crippen LogP contribution in [0.3, 0.4) is 0 Å². The van der Waals surface area contributed by atoms with Crippen molar-refractivity contribution in [2.75, 3.05) is 13.2 Å². The highest BCUT2D eigenvalue weighted by Gasteiger charge is 2.60. The number of halogens is 1. The molecule has 4 atom stereocenters. The van der Waals surface area contributed by atoms with Gasteiger partial charge in [-0.25, -0.2) is 4.39 Å². The summed E-state index contributed by atoms with van der Waals surface area (Å²) in [7, 11) is -3.34. The molecule has 0 aromatic heterocycles. The minimum Gasteiger partial charge on any atom is -0.306 e. The van der Waals surface area contributed by atoms with E-state index in [9.17, 15) is 8.96 Å². The normalized spacial score (nSPS) is 30.6. The smallest absolute Gasteiger partial charge is 0.306 e. The Kier molecular flexibility index (Phi) is 4.03. The topological polar surface area (TPSA) is 35.5 Å². The molecule has 1 aromatic rings. The number of hydrogen-bond acceptors (Lipinski definition) is 3. The van der Waals surface area contributed by atoms with E-state index in [-0.39, 0.29) is 11.7 Å². The van der Waals surface area contributed by atoms with Gasteiger partial charge in [0.2, 0.25) is 0 Å². The van der Waals surface area contributed by atoms with Crippen molar-refractivity contribution in [2.24, 2.45) is 23.7 Å². The number of rotatable bonds is 6. The summed E-state index contributed by atoms with van der Waals surface area (Å²) in [4.78, 5) is 0. The third-order valence-corrected chi connectivity index (χ3v) is 7.74. The third kappa shape index (κ3) is 2.28. The Bertz CT molecular complexity index is 760. The first-order valence-electron chi connectivity index (χ1n) is 8.67. The van der Waals surface area contributed by atoms with Gasteiger partial charge < -0.3 is 9.05 Å². The van der Waals surface area contributed by atoms with Gasteiger partial charge in [0, 0.05) is 5.92 Å². The van der Waals surface area contributed by atoms with E-state index in [1.165, 1.54) is 12.1 Å². The molecule has 24 heavy (non-hydrogen) atoms. The Morgan fingerprint density at radius 2 is 1.79 bits per heavy atom. The van der Waals surface area contributed by atoms with Gasteiger partial charge in [-0.15, -0.1) is 0 Å². The van der Waals surface area contributed by atoms with Crippen LogP contribution in [0, 0.1) is 29.5 Å². The van der Waals surface area contributed by atoms with Gasteiger partial charge >= 0.3 is 7.60 Å². The first-order chi connectivity index (χ1) is 11.6. The van der Waals surface area contributed by atoms with Crippen LogP contribution in [-0.2, 0) is 13.6 Å². The summed E-state index contributed by atoms with van der Waals surface area (Å²) in [6.45, 7) is 4.31. The number of allylic oxidation sites excluding steroid dienone is 4. The van der Waals surface area contributed by atoms with E-state index in [0.29, 0.717) is 31.0 Å². The number of fused-ring (bicyclic) bond motifs is 5. The predicted octanol–water partition coefficient (Wildman–Crippen LogP) is 5.25. The molecule has 5 heteroatoms. The van der Waals surface area contributed by atoms with Crippen LogP contribution in [0.2, 0.25) is 0 Å². The quantitative estimate of drug-likeness (QED) is 0.520. The molecule has 0 saturated heterocycles. The molecular formula is C19H22FO3P. The van der Waals surface area contributed by atoms with Crippen molar-refractivity contribution in [3.8, 4) is 0 Å². The van der Waals surface area contributed by atoms with E-state index < -0.39 is 7.60 Å². The fourth-order valence-electron chi connectivity index (χ4n) is 4.69. The molecular weight excluding hydrogens is 326 g/mol. The fraction of sp³-hybridized carbons (Fsp3) is 0.474.